The molecule has 2 N–H and O–H groups in total. The van der Waals surface area contributed by atoms with Crippen LogP contribution in [0.5, 0.6) is 11.5 Å². The van der Waals surface area contributed by atoms with Gasteiger partial charge in [0, 0.05) is 5.56 Å². The summed E-state index contributed by atoms with van der Waals surface area (Å²) in [6.07, 6.45) is 1.38. The number of nitrogens with one attached hydrogen (secondary N) is 1. The zero-order chi connectivity index (χ0) is 17.3. The molecule has 0 aliphatic carbocycles. The molecule has 0 unspecified atom stereocenters. The second-order valence-corrected chi connectivity index (χ2v) is 5.71. The van der Waals surface area contributed by atoms with Gasteiger partial charge in [-0.15, -0.1) is 5.10 Å². The number of nitrogens with zero attached hydrogens (tertiary/aromatic N) is 2. The van der Waals surface area contributed by atoms with Gasteiger partial charge in [-0.2, -0.15) is 5.10 Å². The number of phenols is 1. The van der Waals surface area contributed by atoms with Gasteiger partial charge in [-0.1, -0.05) is 23.2 Å². The number of benzene rings is 2. The normalized spacial score (nSPS) is 15.0. The Morgan fingerprint density at radius 2 is 1.92 bits per heavy atom. The molecule has 0 fully saturated rings. The van der Waals surface area contributed by atoms with Crippen LogP contribution >= 0.6 is 23.2 Å². The number of rotatable bonds is 3. The number of aromatic hydroxyl groups is 1. The zero-order valence-electron chi connectivity index (χ0n) is 12.4. The predicted octanol–water partition coefficient (Wildman–Crippen LogP) is 3.48. The Kier molecular flexibility index (Phi) is 4.42. The molecule has 1 aliphatic rings. The summed E-state index contributed by atoms with van der Waals surface area (Å²) in [5.41, 5.74) is 1.97. The van der Waals surface area contributed by atoms with Crippen LogP contribution in [0, 0.1) is 0 Å². The molecule has 0 radical (unpaired) electrons. The topological polar surface area (TPSA) is 83.3 Å². The van der Waals surface area contributed by atoms with Crippen LogP contribution in [0.4, 0.5) is 5.69 Å². The number of halogens is 2. The summed E-state index contributed by atoms with van der Waals surface area (Å²) in [5.74, 6) is 0.0641. The summed E-state index contributed by atoms with van der Waals surface area (Å²) in [6.45, 7) is 0. The second kappa shape index (κ2) is 6.51. The number of hydrogen-bond donors (Lipinski definition) is 2. The van der Waals surface area contributed by atoms with E-state index in [4.69, 9.17) is 27.9 Å². The number of phenolic OH excluding ortho intramolecular Hbond substituents is 1. The summed E-state index contributed by atoms with van der Waals surface area (Å²) in [7, 11) is 1.54. The minimum Gasteiger partial charge on any atom is -0.505 e. The van der Waals surface area contributed by atoms with Crippen molar-refractivity contribution in [3.05, 3.63) is 51.5 Å². The van der Waals surface area contributed by atoms with Crippen LogP contribution in [0.25, 0.3) is 0 Å². The molecule has 8 heteroatoms. The van der Waals surface area contributed by atoms with Gasteiger partial charge >= 0.3 is 0 Å². The van der Waals surface area contributed by atoms with Crippen molar-refractivity contribution < 1.29 is 14.6 Å². The van der Waals surface area contributed by atoms with E-state index in [1.807, 2.05) is 0 Å². The van der Waals surface area contributed by atoms with Crippen LogP contribution in [-0.4, -0.2) is 30.0 Å². The predicted molar refractivity (Wildman–Crippen MR) is 93.9 cm³/mol. The fourth-order valence-electron chi connectivity index (χ4n) is 2.17. The third kappa shape index (κ3) is 3.06. The van der Waals surface area contributed by atoms with Crippen molar-refractivity contribution in [3.63, 3.8) is 0 Å². The van der Waals surface area contributed by atoms with Gasteiger partial charge in [0.15, 0.2) is 11.5 Å². The number of methoxy groups -OCH3 is 1. The number of fused-ring (bicyclic) bond motifs is 1. The number of carbonyl (C=O) groups is 1. The molecular formula is C16H11Cl2N3O3. The Balaban J connectivity index is 1.92. The van der Waals surface area contributed by atoms with E-state index >= 15 is 0 Å². The molecule has 0 spiro atoms. The first kappa shape index (κ1) is 16.3. The summed E-state index contributed by atoms with van der Waals surface area (Å²) in [4.78, 5) is 12.0. The van der Waals surface area contributed by atoms with Gasteiger partial charge in [0.25, 0.3) is 5.91 Å². The Morgan fingerprint density at radius 3 is 2.58 bits per heavy atom. The van der Waals surface area contributed by atoms with Crippen molar-refractivity contribution in [3.8, 4) is 11.5 Å². The Labute approximate surface area is 147 Å². The number of hydrogen-bond acceptors (Lipinski definition) is 5. The highest BCUT2D eigenvalue weighted by Gasteiger charge is 2.26. The highest BCUT2D eigenvalue weighted by Crippen LogP contribution is 2.32. The molecule has 0 saturated carbocycles. The van der Waals surface area contributed by atoms with Crippen molar-refractivity contribution in [1.82, 2.24) is 0 Å². The van der Waals surface area contributed by atoms with Crippen LogP contribution in [0.15, 0.2) is 40.5 Å². The van der Waals surface area contributed by atoms with Crippen molar-refractivity contribution in [2.45, 2.75) is 0 Å². The van der Waals surface area contributed by atoms with Crippen LogP contribution in [0.2, 0.25) is 10.0 Å². The van der Waals surface area contributed by atoms with Gasteiger partial charge in [0.2, 0.25) is 0 Å². The van der Waals surface area contributed by atoms with Gasteiger partial charge in [-0.05, 0) is 35.9 Å². The number of anilines is 1. The lowest BCUT2D eigenvalue weighted by molar-refractivity contribution is -0.110. The van der Waals surface area contributed by atoms with Crippen molar-refractivity contribution in [1.29, 1.82) is 0 Å². The molecule has 6 nitrogen and oxygen atoms in total. The van der Waals surface area contributed by atoms with Gasteiger partial charge < -0.3 is 15.2 Å². The third-order valence-corrected chi connectivity index (χ3v) is 3.93. The van der Waals surface area contributed by atoms with Gasteiger partial charge in [0.1, 0.15) is 5.75 Å². The lowest BCUT2D eigenvalue weighted by atomic mass is 10.1. The largest absolute Gasteiger partial charge is 0.505 e. The smallest absolute Gasteiger partial charge is 0.276 e. The molecule has 122 valence electrons. The maximum Gasteiger partial charge on any atom is 0.276 e. The van der Waals surface area contributed by atoms with Crippen molar-refractivity contribution >= 4 is 46.7 Å². The van der Waals surface area contributed by atoms with Crippen LogP contribution in [0.3, 0.4) is 0 Å². The second-order valence-electron chi connectivity index (χ2n) is 4.89. The van der Waals surface area contributed by atoms with E-state index in [1.54, 1.807) is 25.3 Å². The van der Waals surface area contributed by atoms with Crippen LogP contribution in [0.1, 0.15) is 11.1 Å². The van der Waals surface area contributed by atoms with E-state index in [9.17, 15) is 9.90 Å². The molecule has 1 amide bonds. The lowest BCUT2D eigenvalue weighted by Gasteiger charge is -2.02. The van der Waals surface area contributed by atoms with E-state index in [2.05, 4.69) is 15.5 Å². The van der Waals surface area contributed by atoms with E-state index < -0.39 is 0 Å². The molecule has 3 rings (SSSR count). The van der Waals surface area contributed by atoms with Crippen molar-refractivity contribution in [2.24, 2.45) is 10.2 Å². The minimum atomic E-state index is -0.350. The SMILES string of the molecule is COc1ccc2c(c1)C(=NN=Cc1cc(Cl)c(O)c(Cl)c1)C(=O)N2. The first-order chi connectivity index (χ1) is 11.5. The fraction of sp³-hybridized carbons (Fsp3) is 0.0625. The average Bonchev–Trinajstić information content (AvgIpc) is 2.87. The van der Waals surface area contributed by atoms with Gasteiger partial charge in [-0.3, -0.25) is 4.79 Å². The van der Waals surface area contributed by atoms with E-state index in [0.717, 1.165) is 0 Å². The molecule has 1 aliphatic heterocycles. The van der Waals surface area contributed by atoms with E-state index in [1.165, 1.54) is 18.3 Å². The first-order valence-electron chi connectivity index (χ1n) is 6.78. The highest BCUT2D eigenvalue weighted by atomic mass is 35.5. The molecule has 2 aromatic carbocycles. The molecule has 24 heavy (non-hydrogen) atoms. The number of carbonyl (C=O) groups excluding carboxylic acids is 1. The quantitative estimate of drug-likeness (QED) is 0.646. The minimum absolute atomic E-state index is 0.102. The molecule has 0 saturated heterocycles. The molecule has 0 atom stereocenters. The molecule has 1 heterocycles. The average molecular weight is 364 g/mol. The third-order valence-electron chi connectivity index (χ3n) is 3.35. The molecule has 0 aromatic heterocycles. The number of amides is 1. The molecule has 2 aromatic rings. The maximum absolute atomic E-state index is 12.0. The van der Waals surface area contributed by atoms with Crippen LogP contribution in [-0.2, 0) is 4.79 Å². The monoisotopic (exact) mass is 363 g/mol. The van der Waals surface area contributed by atoms with Crippen LogP contribution < -0.4 is 10.1 Å². The summed E-state index contributed by atoms with van der Waals surface area (Å²) >= 11 is 11.7. The van der Waals surface area contributed by atoms with E-state index in [0.29, 0.717) is 22.6 Å². The first-order valence-corrected chi connectivity index (χ1v) is 7.54. The molecule has 0 bridgehead atoms. The maximum atomic E-state index is 12.0. The highest BCUT2D eigenvalue weighted by molar-refractivity contribution is 6.53. The Hall–Kier alpha value is -2.57. The Morgan fingerprint density at radius 1 is 1.21 bits per heavy atom. The summed E-state index contributed by atoms with van der Waals surface area (Å²) < 4.78 is 5.15. The Bertz CT molecular complexity index is 871. The zero-order valence-corrected chi connectivity index (χ0v) is 13.9. The van der Waals surface area contributed by atoms with Gasteiger partial charge in [0.05, 0.1) is 29.1 Å². The number of ether oxygens (including phenoxy) is 1. The summed E-state index contributed by atoms with van der Waals surface area (Å²) in [5, 5.41) is 20.3. The molecular weight excluding hydrogens is 353 g/mol. The lowest BCUT2D eigenvalue weighted by Crippen LogP contribution is -2.13. The van der Waals surface area contributed by atoms with Gasteiger partial charge in [-0.25, -0.2) is 0 Å². The van der Waals surface area contributed by atoms with E-state index in [-0.39, 0.29) is 27.4 Å². The summed E-state index contributed by atoms with van der Waals surface area (Å²) in [6, 6.07) is 8.15. The fourth-order valence-corrected chi connectivity index (χ4v) is 2.68. The standard InChI is InChI=1S/C16H11Cl2N3O3/c1-24-9-2-3-13-10(6-9)14(16(23)20-13)21-19-7-8-4-11(17)15(22)12(18)5-8/h2-7,22H,1H3,(H,20,21,23). The van der Waals surface area contributed by atoms with Crippen molar-refractivity contribution in [2.75, 3.05) is 12.4 Å².